The van der Waals surface area contributed by atoms with E-state index in [1.165, 1.54) is 4.90 Å². The van der Waals surface area contributed by atoms with Crippen molar-refractivity contribution in [3.8, 4) is 6.07 Å². The summed E-state index contributed by atoms with van der Waals surface area (Å²) in [5.41, 5.74) is 7.02. The Balaban J connectivity index is 2.87. The van der Waals surface area contributed by atoms with Crippen molar-refractivity contribution in [1.82, 2.24) is 0 Å². The molecule has 4 nitrogen and oxygen atoms in total. The van der Waals surface area contributed by atoms with Gasteiger partial charge in [0, 0.05) is 19.5 Å². The third-order valence-corrected chi connectivity index (χ3v) is 3.27. The topological polar surface area (TPSA) is 70.1 Å². The van der Waals surface area contributed by atoms with Gasteiger partial charge in [-0.15, -0.1) is 0 Å². The van der Waals surface area contributed by atoms with Gasteiger partial charge in [-0.3, -0.25) is 4.79 Å². The van der Waals surface area contributed by atoms with E-state index < -0.39 is 0 Å². The molecule has 0 radical (unpaired) electrons. The molecule has 0 saturated heterocycles. The second-order valence-electron chi connectivity index (χ2n) is 5.76. The maximum Gasteiger partial charge on any atom is 0.228 e. The van der Waals surface area contributed by atoms with Crippen molar-refractivity contribution in [3.63, 3.8) is 0 Å². The van der Waals surface area contributed by atoms with Gasteiger partial charge in [0.1, 0.15) is 6.07 Å². The molecule has 0 fully saturated rings. The predicted molar refractivity (Wildman–Crippen MR) is 76.6 cm³/mol. The molecule has 102 valence electrons. The highest BCUT2D eigenvalue weighted by atomic mass is 16.2. The molecule has 1 aromatic rings. The molecular weight excluding hydrogens is 238 g/mol. The number of amides is 1. The minimum Gasteiger partial charge on any atom is -0.327 e. The number of hydrogen-bond donors (Lipinski definition) is 1. The Morgan fingerprint density at radius 3 is 2.53 bits per heavy atom. The minimum atomic E-state index is -0.211. The predicted octanol–water partition coefficient (Wildman–Crippen LogP) is 2.28. The van der Waals surface area contributed by atoms with Crippen molar-refractivity contribution in [1.29, 1.82) is 5.26 Å². The Hall–Kier alpha value is -1.86. The minimum absolute atomic E-state index is 0.0786. The summed E-state index contributed by atoms with van der Waals surface area (Å²) in [5, 5.41) is 9.05. The SMILES string of the molecule is CN(C(=O)CC(N)C(C)(C)C)c1ccccc1C#N. The van der Waals surface area contributed by atoms with Crippen LogP contribution in [0.3, 0.4) is 0 Å². The average Bonchev–Trinajstić information content (AvgIpc) is 2.36. The summed E-state index contributed by atoms with van der Waals surface area (Å²) in [6.07, 6.45) is 0.264. The zero-order valence-electron chi connectivity index (χ0n) is 12.0. The molecular formula is C15H21N3O. The van der Waals surface area contributed by atoms with Gasteiger partial charge in [-0.1, -0.05) is 32.9 Å². The summed E-state index contributed by atoms with van der Waals surface area (Å²) in [4.78, 5) is 13.7. The highest BCUT2D eigenvalue weighted by molar-refractivity contribution is 5.94. The third kappa shape index (κ3) is 3.80. The monoisotopic (exact) mass is 259 g/mol. The second-order valence-corrected chi connectivity index (χ2v) is 5.76. The van der Waals surface area contributed by atoms with E-state index in [1.54, 1.807) is 25.2 Å². The Labute approximate surface area is 114 Å². The van der Waals surface area contributed by atoms with Crippen molar-refractivity contribution in [2.75, 3.05) is 11.9 Å². The molecule has 19 heavy (non-hydrogen) atoms. The van der Waals surface area contributed by atoms with Crippen LogP contribution in [-0.2, 0) is 4.79 Å². The molecule has 0 aromatic heterocycles. The van der Waals surface area contributed by atoms with Crippen LogP contribution in [0.25, 0.3) is 0 Å². The number of para-hydroxylation sites is 1. The van der Waals surface area contributed by atoms with E-state index in [0.717, 1.165) is 0 Å². The van der Waals surface area contributed by atoms with Crippen molar-refractivity contribution < 1.29 is 4.79 Å². The Morgan fingerprint density at radius 2 is 2.00 bits per heavy atom. The smallest absolute Gasteiger partial charge is 0.228 e. The number of anilines is 1. The molecule has 0 saturated carbocycles. The van der Waals surface area contributed by atoms with E-state index in [2.05, 4.69) is 6.07 Å². The zero-order valence-corrected chi connectivity index (χ0v) is 12.0. The fourth-order valence-electron chi connectivity index (χ4n) is 1.63. The standard InChI is InChI=1S/C15H21N3O/c1-15(2,3)13(17)9-14(19)18(4)12-8-6-5-7-11(12)10-16/h5-8,13H,9,17H2,1-4H3. The summed E-state index contributed by atoms with van der Waals surface area (Å²) < 4.78 is 0. The van der Waals surface area contributed by atoms with Gasteiger partial charge in [-0.25, -0.2) is 0 Å². The summed E-state index contributed by atoms with van der Waals surface area (Å²) in [7, 11) is 1.67. The fourth-order valence-corrected chi connectivity index (χ4v) is 1.63. The van der Waals surface area contributed by atoms with Gasteiger partial charge >= 0.3 is 0 Å². The van der Waals surface area contributed by atoms with Crippen LogP contribution in [0.2, 0.25) is 0 Å². The molecule has 0 aliphatic heterocycles. The van der Waals surface area contributed by atoms with Crippen LogP contribution >= 0.6 is 0 Å². The van der Waals surface area contributed by atoms with Crippen LogP contribution in [0, 0.1) is 16.7 Å². The molecule has 4 heteroatoms. The lowest BCUT2D eigenvalue weighted by Gasteiger charge is -2.28. The largest absolute Gasteiger partial charge is 0.327 e. The van der Waals surface area contributed by atoms with Crippen LogP contribution in [0.5, 0.6) is 0 Å². The third-order valence-electron chi connectivity index (χ3n) is 3.27. The number of carbonyl (C=O) groups is 1. The molecule has 0 aliphatic carbocycles. The van der Waals surface area contributed by atoms with Crippen LogP contribution in [-0.4, -0.2) is 19.0 Å². The second kappa shape index (κ2) is 5.85. The van der Waals surface area contributed by atoms with Gasteiger partial charge in [0.25, 0.3) is 0 Å². The molecule has 1 aromatic carbocycles. The Morgan fingerprint density at radius 1 is 1.42 bits per heavy atom. The van der Waals surface area contributed by atoms with E-state index in [4.69, 9.17) is 11.0 Å². The van der Waals surface area contributed by atoms with Crippen molar-refractivity contribution in [3.05, 3.63) is 29.8 Å². The maximum absolute atomic E-state index is 12.2. The summed E-state index contributed by atoms with van der Waals surface area (Å²) in [6, 6.07) is 8.93. The van der Waals surface area contributed by atoms with Gasteiger partial charge in [-0.2, -0.15) is 5.26 Å². The zero-order chi connectivity index (χ0) is 14.6. The number of carbonyl (C=O) groups excluding carboxylic acids is 1. The first-order valence-corrected chi connectivity index (χ1v) is 6.28. The van der Waals surface area contributed by atoms with Crippen LogP contribution < -0.4 is 10.6 Å². The lowest BCUT2D eigenvalue weighted by atomic mass is 9.85. The summed E-state index contributed by atoms with van der Waals surface area (Å²) in [6.45, 7) is 6.02. The lowest BCUT2D eigenvalue weighted by Crippen LogP contribution is -2.40. The number of benzene rings is 1. The van der Waals surface area contributed by atoms with Gasteiger partial charge in [0.2, 0.25) is 5.91 Å². The van der Waals surface area contributed by atoms with Crippen LogP contribution in [0.1, 0.15) is 32.8 Å². The van der Waals surface area contributed by atoms with Crippen LogP contribution in [0.15, 0.2) is 24.3 Å². The lowest BCUT2D eigenvalue weighted by molar-refractivity contribution is -0.119. The summed E-state index contributed by atoms with van der Waals surface area (Å²) >= 11 is 0. The van der Waals surface area contributed by atoms with Crippen LogP contribution in [0.4, 0.5) is 5.69 Å². The fraction of sp³-hybridized carbons (Fsp3) is 0.467. The first-order valence-electron chi connectivity index (χ1n) is 6.28. The normalized spacial score (nSPS) is 12.6. The first-order chi connectivity index (χ1) is 8.77. The van der Waals surface area contributed by atoms with E-state index in [-0.39, 0.29) is 23.8 Å². The quantitative estimate of drug-likeness (QED) is 0.905. The maximum atomic E-state index is 12.2. The van der Waals surface area contributed by atoms with Gasteiger partial charge in [-0.05, 0) is 17.5 Å². The summed E-state index contributed by atoms with van der Waals surface area (Å²) in [5.74, 6) is -0.0786. The first kappa shape index (κ1) is 15.2. The molecule has 1 rings (SSSR count). The van der Waals surface area contributed by atoms with Crippen molar-refractivity contribution >= 4 is 11.6 Å². The van der Waals surface area contributed by atoms with Gasteiger partial charge in [0.05, 0.1) is 11.3 Å². The Bertz CT molecular complexity index is 497. The van der Waals surface area contributed by atoms with E-state index >= 15 is 0 Å². The molecule has 1 amide bonds. The van der Waals surface area contributed by atoms with Crippen molar-refractivity contribution in [2.24, 2.45) is 11.1 Å². The van der Waals surface area contributed by atoms with Gasteiger partial charge < -0.3 is 10.6 Å². The molecule has 0 bridgehead atoms. The van der Waals surface area contributed by atoms with Crippen molar-refractivity contribution in [2.45, 2.75) is 33.2 Å². The Kier molecular flexibility index (Phi) is 4.68. The molecule has 0 heterocycles. The number of hydrogen-bond acceptors (Lipinski definition) is 3. The van der Waals surface area contributed by atoms with Gasteiger partial charge in [0.15, 0.2) is 0 Å². The van der Waals surface area contributed by atoms with E-state index in [0.29, 0.717) is 11.3 Å². The molecule has 2 N–H and O–H groups in total. The average molecular weight is 259 g/mol. The van der Waals surface area contributed by atoms with E-state index in [9.17, 15) is 4.79 Å². The number of nitrogens with zero attached hydrogens (tertiary/aromatic N) is 2. The molecule has 1 unspecified atom stereocenters. The highest BCUT2D eigenvalue weighted by Crippen LogP contribution is 2.23. The number of nitriles is 1. The highest BCUT2D eigenvalue weighted by Gasteiger charge is 2.25. The number of rotatable bonds is 3. The van der Waals surface area contributed by atoms with E-state index in [1.807, 2.05) is 26.8 Å². The molecule has 0 aliphatic rings. The molecule has 0 spiro atoms. The number of nitrogens with two attached hydrogens (primary N) is 1. The molecule has 1 atom stereocenters.